The third kappa shape index (κ3) is 3.88. The second-order valence-electron chi connectivity index (χ2n) is 5.90. The van der Waals surface area contributed by atoms with Crippen molar-refractivity contribution in [2.45, 2.75) is 20.0 Å². The molecule has 2 aromatic carbocycles. The highest BCUT2D eigenvalue weighted by Gasteiger charge is 2.09. The molecule has 1 N–H and O–H groups in total. The molecule has 0 radical (unpaired) electrons. The molecule has 0 spiro atoms. The molecule has 0 atom stereocenters. The first-order valence-corrected chi connectivity index (χ1v) is 8.07. The van der Waals surface area contributed by atoms with E-state index in [0.29, 0.717) is 5.56 Å². The van der Waals surface area contributed by atoms with Gasteiger partial charge in [0.25, 0.3) is 0 Å². The number of carbonyl (C=O) groups is 1. The van der Waals surface area contributed by atoms with Crippen LogP contribution < -0.4 is 10.1 Å². The fraction of sp³-hybridized carbons (Fsp3) is 0.200. The average molecular weight is 336 g/mol. The summed E-state index contributed by atoms with van der Waals surface area (Å²) in [6, 6.07) is 14.8. The van der Waals surface area contributed by atoms with Crippen molar-refractivity contribution in [3.05, 3.63) is 60.3 Å². The Labute approximate surface area is 146 Å². The van der Waals surface area contributed by atoms with Crippen LogP contribution in [0, 0.1) is 0 Å². The van der Waals surface area contributed by atoms with Crippen LogP contribution in [0.1, 0.15) is 24.2 Å². The Morgan fingerprint density at radius 1 is 1.08 bits per heavy atom. The molecule has 0 bridgehead atoms. The Kier molecular flexibility index (Phi) is 4.84. The molecule has 0 aliphatic rings. The van der Waals surface area contributed by atoms with Crippen molar-refractivity contribution in [1.82, 2.24) is 4.98 Å². The van der Waals surface area contributed by atoms with Gasteiger partial charge in [0.15, 0.2) is 0 Å². The van der Waals surface area contributed by atoms with Gasteiger partial charge in [0, 0.05) is 23.0 Å². The van der Waals surface area contributed by atoms with Gasteiger partial charge in [-0.2, -0.15) is 0 Å². The molecule has 0 saturated carbocycles. The summed E-state index contributed by atoms with van der Waals surface area (Å²) in [6.45, 7) is 3.66. The second-order valence-corrected chi connectivity index (χ2v) is 5.90. The van der Waals surface area contributed by atoms with Crippen LogP contribution in [0.4, 0.5) is 11.4 Å². The number of esters is 1. The maximum Gasteiger partial charge on any atom is 0.338 e. The number of benzene rings is 2. The van der Waals surface area contributed by atoms with Crippen LogP contribution in [0.3, 0.4) is 0 Å². The molecule has 128 valence electrons. The lowest BCUT2D eigenvalue weighted by atomic mass is 10.1. The van der Waals surface area contributed by atoms with Gasteiger partial charge in [0.1, 0.15) is 5.75 Å². The maximum atomic E-state index is 11.9. The normalized spacial score (nSPS) is 10.7. The van der Waals surface area contributed by atoms with Gasteiger partial charge < -0.3 is 14.8 Å². The molecule has 1 heterocycles. The van der Waals surface area contributed by atoms with Crippen molar-refractivity contribution in [2.24, 2.45) is 0 Å². The summed E-state index contributed by atoms with van der Waals surface area (Å²) >= 11 is 0. The Balaban J connectivity index is 1.85. The third-order valence-corrected chi connectivity index (χ3v) is 3.69. The van der Waals surface area contributed by atoms with Crippen molar-refractivity contribution >= 4 is 28.2 Å². The number of aromatic nitrogens is 1. The molecule has 5 nitrogen and oxygen atoms in total. The topological polar surface area (TPSA) is 60.5 Å². The molecule has 25 heavy (non-hydrogen) atoms. The fourth-order valence-corrected chi connectivity index (χ4v) is 2.49. The van der Waals surface area contributed by atoms with E-state index in [9.17, 15) is 4.79 Å². The minimum atomic E-state index is -0.319. The summed E-state index contributed by atoms with van der Waals surface area (Å²) in [5.74, 6) is 0.455. The number of pyridine rings is 1. The lowest BCUT2D eigenvalue weighted by Gasteiger charge is -2.11. The third-order valence-electron chi connectivity index (χ3n) is 3.69. The van der Waals surface area contributed by atoms with Crippen molar-refractivity contribution in [3.8, 4) is 5.75 Å². The van der Waals surface area contributed by atoms with Crippen LogP contribution in [0.2, 0.25) is 0 Å². The number of methoxy groups -OCH3 is 1. The van der Waals surface area contributed by atoms with Gasteiger partial charge >= 0.3 is 5.97 Å². The molecule has 0 unspecified atom stereocenters. The summed E-state index contributed by atoms with van der Waals surface area (Å²) in [5.41, 5.74) is 3.20. The van der Waals surface area contributed by atoms with Crippen LogP contribution in [0.5, 0.6) is 5.75 Å². The molecule has 3 aromatic rings. The highest BCUT2D eigenvalue weighted by Crippen LogP contribution is 2.28. The second kappa shape index (κ2) is 7.21. The number of ether oxygens (including phenoxy) is 2. The van der Waals surface area contributed by atoms with Gasteiger partial charge in [-0.25, -0.2) is 4.79 Å². The fourth-order valence-electron chi connectivity index (χ4n) is 2.49. The van der Waals surface area contributed by atoms with Gasteiger partial charge in [-0.3, -0.25) is 4.98 Å². The van der Waals surface area contributed by atoms with Gasteiger partial charge in [-0.05, 0) is 62.4 Å². The van der Waals surface area contributed by atoms with Crippen molar-refractivity contribution in [3.63, 3.8) is 0 Å². The lowest BCUT2D eigenvalue weighted by Crippen LogP contribution is -2.11. The summed E-state index contributed by atoms with van der Waals surface area (Å²) in [5, 5.41) is 4.32. The van der Waals surface area contributed by atoms with E-state index >= 15 is 0 Å². The van der Waals surface area contributed by atoms with Crippen LogP contribution in [-0.2, 0) is 4.74 Å². The zero-order valence-electron chi connectivity index (χ0n) is 14.4. The number of carbonyl (C=O) groups excluding carboxylic acids is 1. The Morgan fingerprint density at radius 2 is 1.84 bits per heavy atom. The number of rotatable bonds is 5. The molecular formula is C20H20N2O3. The van der Waals surface area contributed by atoms with Gasteiger partial charge in [0.2, 0.25) is 0 Å². The van der Waals surface area contributed by atoms with Crippen LogP contribution in [0.15, 0.2) is 54.7 Å². The predicted octanol–water partition coefficient (Wildman–Crippen LogP) is 4.55. The van der Waals surface area contributed by atoms with Crippen molar-refractivity contribution < 1.29 is 14.3 Å². The first kappa shape index (κ1) is 16.8. The largest absolute Gasteiger partial charge is 0.497 e. The zero-order chi connectivity index (χ0) is 17.8. The number of nitrogens with one attached hydrogen (secondary N) is 1. The highest BCUT2D eigenvalue weighted by molar-refractivity contribution is 5.94. The molecule has 1 aromatic heterocycles. The molecule has 5 heteroatoms. The van der Waals surface area contributed by atoms with Gasteiger partial charge in [-0.1, -0.05) is 0 Å². The smallest absolute Gasteiger partial charge is 0.338 e. The van der Waals surface area contributed by atoms with Crippen molar-refractivity contribution in [1.29, 1.82) is 0 Å². The van der Waals surface area contributed by atoms with E-state index in [1.54, 1.807) is 25.4 Å². The average Bonchev–Trinajstić information content (AvgIpc) is 2.61. The minimum Gasteiger partial charge on any atom is -0.497 e. The molecule has 0 fully saturated rings. The lowest BCUT2D eigenvalue weighted by molar-refractivity contribution is 0.0378. The van der Waals surface area contributed by atoms with E-state index in [1.807, 2.05) is 50.2 Å². The Hall–Kier alpha value is -3.08. The maximum absolute atomic E-state index is 11.9. The number of hydrogen-bond acceptors (Lipinski definition) is 5. The van der Waals surface area contributed by atoms with E-state index in [1.165, 1.54) is 0 Å². The van der Waals surface area contributed by atoms with E-state index in [0.717, 1.165) is 28.0 Å². The van der Waals surface area contributed by atoms with Crippen LogP contribution >= 0.6 is 0 Å². The number of fused-ring (bicyclic) bond motifs is 1. The minimum absolute atomic E-state index is 0.136. The Bertz CT molecular complexity index is 889. The number of anilines is 2. The van der Waals surface area contributed by atoms with Gasteiger partial charge in [-0.15, -0.1) is 0 Å². The summed E-state index contributed by atoms with van der Waals surface area (Å²) in [4.78, 5) is 16.3. The standard InChI is InChI=1S/C20H20N2O3/c1-13(2)25-20(23)14-4-6-15(7-5-14)22-19-10-11-21-18-9-8-16(24-3)12-17(18)19/h4-13H,1-3H3,(H,21,22). The molecule has 0 aliphatic carbocycles. The first-order valence-electron chi connectivity index (χ1n) is 8.07. The molecule has 3 rings (SSSR count). The molecule has 0 saturated heterocycles. The highest BCUT2D eigenvalue weighted by atomic mass is 16.5. The monoisotopic (exact) mass is 336 g/mol. The summed E-state index contributed by atoms with van der Waals surface area (Å²) in [7, 11) is 1.64. The van der Waals surface area contributed by atoms with Crippen LogP contribution in [-0.4, -0.2) is 24.2 Å². The SMILES string of the molecule is COc1ccc2nccc(Nc3ccc(C(=O)OC(C)C)cc3)c2c1. The van der Waals surface area contributed by atoms with E-state index < -0.39 is 0 Å². The summed E-state index contributed by atoms with van der Waals surface area (Å²) in [6.07, 6.45) is 1.62. The first-order chi connectivity index (χ1) is 12.1. The van der Waals surface area contributed by atoms with E-state index in [2.05, 4.69) is 10.3 Å². The van der Waals surface area contributed by atoms with Crippen LogP contribution in [0.25, 0.3) is 10.9 Å². The van der Waals surface area contributed by atoms with Crippen molar-refractivity contribution in [2.75, 3.05) is 12.4 Å². The number of hydrogen-bond donors (Lipinski definition) is 1. The quantitative estimate of drug-likeness (QED) is 0.693. The Morgan fingerprint density at radius 3 is 2.52 bits per heavy atom. The van der Waals surface area contributed by atoms with E-state index in [-0.39, 0.29) is 12.1 Å². The summed E-state index contributed by atoms with van der Waals surface area (Å²) < 4.78 is 10.5. The van der Waals surface area contributed by atoms with Gasteiger partial charge in [0.05, 0.1) is 24.3 Å². The molecule has 0 aliphatic heterocycles. The zero-order valence-corrected chi connectivity index (χ0v) is 14.4. The number of nitrogens with zero attached hydrogens (tertiary/aromatic N) is 1. The molecular weight excluding hydrogens is 316 g/mol. The predicted molar refractivity (Wildman–Crippen MR) is 98.6 cm³/mol. The molecule has 0 amide bonds. The van der Waals surface area contributed by atoms with E-state index in [4.69, 9.17) is 9.47 Å².